The highest BCUT2D eigenvalue weighted by Gasteiger charge is 1.89. The normalized spacial score (nSPS) is 7.81. The van der Waals surface area contributed by atoms with Gasteiger partial charge in [-0.1, -0.05) is 57.5 Å². The molecule has 16 heavy (non-hydrogen) atoms. The Balaban J connectivity index is 0. The largest absolute Gasteiger partial charge is 0.370 e. The zero-order chi connectivity index (χ0) is 13.0. The first kappa shape index (κ1) is 16.9. The Labute approximate surface area is 99.6 Å². The van der Waals surface area contributed by atoms with Crippen LogP contribution in [0.4, 0.5) is 0 Å². The van der Waals surface area contributed by atoms with Gasteiger partial charge >= 0.3 is 0 Å². The Kier molecular flexibility index (Phi) is 12.2. The standard InChI is InChI=1S/C9H13N3.2C2H6/c1-7-2-4-8(5-3-7)6-12-9(10)11;2*1-2/h2-5H,6H2,1H3,(H4,10,11,12);2*1-2H3. The van der Waals surface area contributed by atoms with E-state index in [9.17, 15) is 0 Å². The van der Waals surface area contributed by atoms with Gasteiger partial charge < -0.3 is 11.5 Å². The van der Waals surface area contributed by atoms with E-state index in [2.05, 4.69) is 4.99 Å². The molecule has 0 heterocycles. The fraction of sp³-hybridized carbons (Fsp3) is 0.462. The van der Waals surface area contributed by atoms with Crippen molar-refractivity contribution in [2.75, 3.05) is 0 Å². The topological polar surface area (TPSA) is 64.4 Å². The summed E-state index contributed by atoms with van der Waals surface area (Å²) in [7, 11) is 0. The number of hydrogen-bond acceptors (Lipinski definition) is 1. The minimum atomic E-state index is 0.135. The van der Waals surface area contributed by atoms with Crippen LogP contribution in [-0.2, 0) is 6.54 Å². The molecule has 0 unspecified atom stereocenters. The van der Waals surface area contributed by atoms with Crippen molar-refractivity contribution in [1.29, 1.82) is 0 Å². The van der Waals surface area contributed by atoms with Gasteiger partial charge in [-0.2, -0.15) is 0 Å². The van der Waals surface area contributed by atoms with Crippen molar-refractivity contribution in [2.24, 2.45) is 16.5 Å². The summed E-state index contributed by atoms with van der Waals surface area (Å²) in [6.07, 6.45) is 0. The van der Waals surface area contributed by atoms with Gasteiger partial charge in [-0.25, -0.2) is 4.99 Å². The van der Waals surface area contributed by atoms with Crippen LogP contribution in [0, 0.1) is 6.92 Å². The average Bonchev–Trinajstić information content (AvgIpc) is 2.33. The third kappa shape index (κ3) is 9.06. The maximum atomic E-state index is 5.20. The van der Waals surface area contributed by atoms with Gasteiger partial charge in [0.05, 0.1) is 6.54 Å². The highest BCUT2D eigenvalue weighted by atomic mass is 15.0. The minimum absolute atomic E-state index is 0.135. The third-order valence-corrected chi connectivity index (χ3v) is 1.56. The van der Waals surface area contributed by atoms with Crippen molar-refractivity contribution in [3.63, 3.8) is 0 Å². The summed E-state index contributed by atoms with van der Waals surface area (Å²) in [5.74, 6) is 0.135. The fourth-order valence-corrected chi connectivity index (χ4v) is 0.876. The maximum Gasteiger partial charge on any atom is 0.186 e. The molecule has 0 radical (unpaired) electrons. The lowest BCUT2D eigenvalue weighted by molar-refractivity contribution is 1.05. The molecule has 0 amide bonds. The lowest BCUT2D eigenvalue weighted by Crippen LogP contribution is -2.22. The SMILES string of the molecule is CC.CC.Cc1ccc(CN=C(N)N)cc1. The second-order valence-electron chi connectivity index (χ2n) is 2.73. The molecule has 0 aliphatic carbocycles. The quantitative estimate of drug-likeness (QED) is 0.598. The average molecular weight is 223 g/mol. The zero-order valence-corrected chi connectivity index (χ0v) is 11.1. The molecule has 0 spiro atoms. The highest BCUT2D eigenvalue weighted by Crippen LogP contribution is 2.03. The Morgan fingerprint density at radius 3 is 1.81 bits per heavy atom. The van der Waals surface area contributed by atoms with Crippen molar-refractivity contribution >= 4 is 5.96 Å². The summed E-state index contributed by atoms with van der Waals surface area (Å²) in [6.45, 7) is 10.6. The van der Waals surface area contributed by atoms with Gasteiger partial charge in [0.1, 0.15) is 0 Å². The van der Waals surface area contributed by atoms with Gasteiger partial charge in [-0.15, -0.1) is 0 Å². The second-order valence-corrected chi connectivity index (χ2v) is 2.73. The van der Waals surface area contributed by atoms with Crippen LogP contribution in [0.25, 0.3) is 0 Å². The smallest absolute Gasteiger partial charge is 0.186 e. The van der Waals surface area contributed by atoms with Crippen LogP contribution in [0.2, 0.25) is 0 Å². The van der Waals surface area contributed by atoms with Crippen LogP contribution in [0.15, 0.2) is 29.3 Å². The van der Waals surface area contributed by atoms with E-state index in [1.165, 1.54) is 5.56 Å². The Morgan fingerprint density at radius 1 is 1.00 bits per heavy atom. The molecule has 1 aromatic carbocycles. The van der Waals surface area contributed by atoms with Gasteiger partial charge in [-0.05, 0) is 12.5 Å². The molecule has 0 bridgehead atoms. The molecule has 0 aromatic heterocycles. The second kappa shape index (κ2) is 11.6. The molecule has 4 N–H and O–H groups in total. The summed E-state index contributed by atoms with van der Waals surface area (Å²) in [4.78, 5) is 3.90. The van der Waals surface area contributed by atoms with Crippen LogP contribution in [-0.4, -0.2) is 5.96 Å². The molecule has 92 valence electrons. The van der Waals surface area contributed by atoms with Crippen molar-refractivity contribution in [1.82, 2.24) is 0 Å². The Bertz CT molecular complexity index is 272. The molecule has 0 fully saturated rings. The molecule has 3 heteroatoms. The van der Waals surface area contributed by atoms with Crippen LogP contribution in [0.5, 0.6) is 0 Å². The molecular weight excluding hydrogens is 198 g/mol. The molecule has 0 saturated heterocycles. The van der Waals surface area contributed by atoms with E-state index >= 15 is 0 Å². The van der Waals surface area contributed by atoms with Gasteiger partial charge in [0.15, 0.2) is 5.96 Å². The van der Waals surface area contributed by atoms with Gasteiger partial charge in [0.25, 0.3) is 0 Å². The number of aryl methyl sites for hydroxylation is 1. The minimum Gasteiger partial charge on any atom is -0.370 e. The van der Waals surface area contributed by atoms with E-state index in [-0.39, 0.29) is 5.96 Å². The number of hydrogen-bond donors (Lipinski definition) is 2. The molecule has 0 atom stereocenters. The van der Waals surface area contributed by atoms with E-state index in [1.807, 2.05) is 58.9 Å². The summed E-state index contributed by atoms with van der Waals surface area (Å²) in [6, 6.07) is 8.11. The predicted molar refractivity (Wildman–Crippen MR) is 73.4 cm³/mol. The highest BCUT2D eigenvalue weighted by molar-refractivity contribution is 5.75. The summed E-state index contributed by atoms with van der Waals surface area (Å²) in [5, 5.41) is 0. The molecule has 0 aliphatic rings. The number of nitrogens with zero attached hydrogens (tertiary/aromatic N) is 1. The Morgan fingerprint density at radius 2 is 1.44 bits per heavy atom. The zero-order valence-electron chi connectivity index (χ0n) is 11.1. The monoisotopic (exact) mass is 223 g/mol. The van der Waals surface area contributed by atoms with E-state index in [1.54, 1.807) is 0 Å². The first-order chi connectivity index (χ1) is 7.68. The maximum absolute atomic E-state index is 5.20. The Hall–Kier alpha value is -1.51. The summed E-state index contributed by atoms with van der Waals surface area (Å²) in [5.41, 5.74) is 12.8. The predicted octanol–water partition coefficient (Wildman–Crippen LogP) is 2.82. The number of rotatable bonds is 2. The number of aliphatic imine (C=N–C) groups is 1. The number of guanidine groups is 1. The van der Waals surface area contributed by atoms with Crippen molar-refractivity contribution < 1.29 is 0 Å². The van der Waals surface area contributed by atoms with E-state index in [0.29, 0.717) is 6.54 Å². The fourth-order valence-electron chi connectivity index (χ4n) is 0.876. The first-order valence-corrected chi connectivity index (χ1v) is 5.79. The van der Waals surface area contributed by atoms with E-state index in [0.717, 1.165) is 5.56 Å². The van der Waals surface area contributed by atoms with Gasteiger partial charge in [-0.3, -0.25) is 0 Å². The molecule has 0 aliphatic heterocycles. The molecule has 0 saturated carbocycles. The van der Waals surface area contributed by atoms with Crippen LogP contribution >= 0.6 is 0 Å². The first-order valence-electron chi connectivity index (χ1n) is 5.79. The van der Waals surface area contributed by atoms with E-state index < -0.39 is 0 Å². The van der Waals surface area contributed by atoms with Crippen molar-refractivity contribution in [3.05, 3.63) is 35.4 Å². The van der Waals surface area contributed by atoms with Crippen LogP contribution < -0.4 is 11.5 Å². The van der Waals surface area contributed by atoms with Crippen LogP contribution in [0.1, 0.15) is 38.8 Å². The summed E-state index contributed by atoms with van der Waals surface area (Å²) < 4.78 is 0. The summed E-state index contributed by atoms with van der Waals surface area (Å²) >= 11 is 0. The molecule has 3 nitrogen and oxygen atoms in total. The lowest BCUT2D eigenvalue weighted by Gasteiger charge is -1.97. The molecular formula is C13H25N3. The molecule has 1 rings (SSSR count). The van der Waals surface area contributed by atoms with Gasteiger partial charge in [0, 0.05) is 0 Å². The lowest BCUT2D eigenvalue weighted by atomic mass is 10.1. The van der Waals surface area contributed by atoms with Gasteiger partial charge in [0.2, 0.25) is 0 Å². The number of nitrogens with two attached hydrogens (primary N) is 2. The van der Waals surface area contributed by atoms with Crippen LogP contribution in [0.3, 0.4) is 0 Å². The van der Waals surface area contributed by atoms with Crippen molar-refractivity contribution in [3.8, 4) is 0 Å². The van der Waals surface area contributed by atoms with E-state index in [4.69, 9.17) is 11.5 Å². The number of benzene rings is 1. The molecule has 1 aromatic rings. The third-order valence-electron chi connectivity index (χ3n) is 1.56. The van der Waals surface area contributed by atoms with Crippen molar-refractivity contribution in [2.45, 2.75) is 41.2 Å².